The standard InChI is InChI=1S/C38H60N6O8/c1-25(2)20-29(33(46)38(5)24-52-38)40-36(49)31(23-51-37(50)43(6)7)42-35(48)30(21-26(3)4)41-34(47)28(17-16-27-14-10-8-11-15-27)39-32(45)22-44-18-12-9-13-19-44/h8,10-11,14-15,25-26,28-31H,9,12-13,16-24H2,1-7H3,(H,39,45)(H,40,49)(H,41,47)(H,42,48). The van der Waals surface area contributed by atoms with Crippen LogP contribution in [0.5, 0.6) is 0 Å². The largest absolute Gasteiger partial charge is 0.447 e. The zero-order valence-corrected chi connectivity index (χ0v) is 32.0. The fourth-order valence-electron chi connectivity index (χ4n) is 6.09. The zero-order chi connectivity index (χ0) is 38.4. The Morgan fingerprint density at radius 2 is 1.33 bits per heavy atom. The number of carbonyl (C=O) groups excluding carboxylic acids is 6. The molecule has 0 saturated carbocycles. The highest BCUT2D eigenvalue weighted by Crippen LogP contribution is 2.29. The molecule has 2 heterocycles. The van der Waals surface area contributed by atoms with Gasteiger partial charge < -0.3 is 35.6 Å². The van der Waals surface area contributed by atoms with Gasteiger partial charge in [0, 0.05) is 14.1 Å². The zero-order valence-electron chi connectivity index (χ0n) is 32.0. The van der Waals surface area contributed by atoms with Crippen LogP contribution < -0.4 is 21.3 Å². The Bertz CT molecular complexity index is 1360. The van der Waals surface area contributed by atoms with Gasteiger partial charge in [0.05, 0.1) is 19.2 Å². The molecule has 2 saturated heterocycles. The highest BCUT2D eigenvalue weighted by atomic mass is 16.6. The van der Waals surface area contributed by atoms with E-state index in [1.807, 2.05) is 58.0 Å². The van der Waals surface area contributed by atoms with Crippen LogP contribution in [0.4, 0.5) is 4.79 Å². The highest BCUT2D eigenvalue weighted by molar-refractivity contribution is 5.98. The van der Waals surface area contributed by atoms with Crippen LogP contribution in [0.15, 0.2) is 30.3 Å². The van der Waals surface area contributed by atoms with Crippen molar-refractivity contribution in [3.63, 3.8) is 0 Å². The number of rotatable bonds is 20. The Hall–Kier alpha value is -4.04. The van der Waals surface area contributed by atoms with Crippen LogP contribution in [0.1, 0.15) is 78.7 Å². The molecule has 1 aromatic carbocycles. The Morgan fingerprint density at radius 3 is 1.90 bits per heavy atom. The normalized spacial score (nSPS) is 19.5. The van der Waals surface area contributed by atoms with Gasteiger partial charge in [-0.3, -0.25) is 28.9 Å². The minimum Gasteiger partial charge on any atom is -0.447 e. The second kappa shape index (κ2) is 20.3. The molecular weight excluding hydrogens is 668 g/mol. The number of piperidine rings is 1. The maximum absolute atomic E-state index is 13.9. The summed E-state index contributed by atoms with van der Waals surface area (Å²) in [6, 6.07) is 5.34. The predicted octanol–water partition coefficient (Wildman–Crippen LogP) is 2.19. The van der Waals surface area contributed by atoms with Gasteiger partial charge in [-0.1, -0.05) is 64.4 Å². The van der Waals surface area contributed by atoms with Gasteiger partial charge in [0.15, 0.2) is 5.78 Å². The molecule has 0 spiro atoms. The van der Waals surface area contributed by atoms with E-state index >= 15 is 0 Å². The molecule has 3 rings (SSSR count). The van der Waals surface area contributed by atoms with Crippen LogP contribution in [0.3, 0.4) is 0 Å². The molecule has 4 N–H and O–H groups in total. The molecule has 5 amide bonds. The number of amides is 5. The summed E-state index contributed by atoms with van der Waals surface area (Å²) in [5.74, 6) is -2.45. The molecule has 2 aliphatic rings. The summed E-state index contributed by atoms with van der Waals surface area (Å²) in [7, 11) is 2.97. The summed E-state index contributed by atoms with van der Waals surface area (Å²) in [6.07, 6.45) is 3.82. The molecule has 1 aromatic rings. The number of hydrogen-bond acceptors (Lipinski definition) is 9. The van der Waals surface area contributed by atoms with Crippen molar-refractivity contribution in [1.29, 1.82) is 0 Å². The van der Waals surface area contributed by atoms with Gasteiger partial charge in [-0.05, 0) is 75.9 Å². The van der Waals surface area contributed by atoms with Crippen LogP contribution >= 0.6 is 0 Å². The summed E-state index contributed by atoms with van der Waals surface area (Å²) in [6.45, 7) is 10.8. The Balaban J connectivity index is 1.79. The monoisotopic (exact) mass is 728 g/mol. The first-order valence-corrected chi connectivity index (χ1v) is 18.6. The molecule has 14 nitrogen and oxygen atoms in total. The van der Waals surface area contributed by atoms with Crippen molar-refractivity contribution in [2.24, 2.45) is 11.8 Å². The van der Waals surface area contributed by atoms with Crippen molar-refractivity contribution in [3.05, 3.63) is 35.9 Å². The van der Waals surface area contributed by atoms with E-state index in [0.29, 0.717) is 19.3 Å². The lowest BCUT2D eigenvalue weighted by Crippen LogP contribution is -2.60. The molecule has 0 aliphatic carbocycles. The molecule has 0 aromatic heterocycles. The second-order valence-electron chi connectivity index (χ2n) is 15.3. The first kappa shape index (κ1) is 42.4. The van der Waals surface area contributed by atoms with Crippen LogP contribution in [0, 0.1) is 11.8 Å². The number of epoxide rings is 1. The third-order valence-corrected chi connectivity index (χ3v) is 9.18. The molecule has 14 heteroatoms. The lowest BCUT2D eigenvalue weighted by atomic mass is 9.93. The number of ketones is 1. The quantitative estimate of drug-likeness (QED) is 0.147. The second-order valence-corrected chi connectivity index (χ2v) is 15.3. The molecule has 5 atom stereocenters. The third-order valence-electron chi connectivity index (χ3n) is 9.18. The van der Waals surface area contributed by atoms with Gasteiger partial charge in [-0.15, -0.1) is 0 Å². The van der Waals surface area contributed by atoms with Crippen LogP contribution in [-0.4, -0.2) is 122 Å². The SMILES string of the molecule is CC(C)CC(NC(=O)C(CCc1ccccc1)NC(=O)CN1CCCCC1)C(=O)NC(COC(=O)N(C)C)C(=O)NC(CC(C)C)C(=O)C1(C)CO1. The molecule has 0 radical (unpaired) electrons. The fourth-order valence-corrected chi connectivity index (χ4v) is 6.09. The molecule has 0 bridgehead atoms. The molecule has 2 fully saturated rings. The average molecular weight is 729 g/mol. The topological polar surface area (TPSA) is 179 Å². The number of carbonyl (C=O) groups is 6. The Kier molecular flexibility index (Phi) is 16.5. The van der Waals surface area contributed by atoms with E-state index in [1.54, 1.807) is 6.92 Å². The number of likely N-dealkylation sites (tertiary alicyclic amines) is 1. The fraction of sp³-hybridized carbons (Fsp3) is 0.684. The molecular formula is C38H60N6O8. The van der Waals surface area contributed by atoms with E-state index in [0.717, 1.165) is 37.9 Å². The lowest BCUT2D eigenvalue weighted by molar-refractivity contribution is -0.136. The number of ether oxygens (including phenoxy) is 2. The van der Waals surface area contributed by atoms with E-state index in [2.05, 4.69) is 26.2 Å². The van der Waals surface area contributed by atoms with Gasteiger partial charge in [-0.25, -0.2) is 4.79 Å². The number of nitrogens with zero attached hydrogens (tertiary/aromatic N) is 2. The van der Waals surface area contributed by atoms with E-state index in [-0.39, 0.29) is 43.1 Å². The summed E-state index contributed by atoms with van der Waals surface area (Å²) in [5.41, 5.74) is 0.00948. The van der Waals surface area contributed by atoms with Gasteiger partial charge in [0.2, 0.25) is 23.6 Å². The van der Waals surface area contributed by atoms with Gasteiger partial charge in [0.1, 0.15) is 30.3 Å². The van der Waals surface area contributed by atoms with E-state index < -0.39 is 60.2 Å². The first-order valence-electron chi connectivity index (χ1n) is 18.6. The maximum Gasteiger partial charge on any atom is 0.409 e. The number of nitrogens with one attached hydrogen (secondary N) is 4. The Labute approximate surface area is 308 Å². The number of aryl methyl sites for hydroxylation is 1. The maximum atomic E-state index is 13.9. The minimum absolute atomic E-state index is 0.0429. The molecule has 2 aliphatic heterocycles. The van der Waals surface area contributed by atoms with Crippen molar-refractivity contribution in [2.75, 3.05) is 46.9 Å². The van der Waals surface area contributed by atoms with Gasteiger partial charge in [-0.2, -0.15) is 0 Å². The van der Waals surface area contributed by atoms with Crippen LogP contribution in [0.25, 0.3) is 0 Å². The smallest absolute Gasteiger partial charge is 0.409 e. The highest BCUT2D eigenvalue weighted by Gasteiger charge is 2.50. The van der Waals surface area contributed by atoms with Gasteiger partial charge in [0.25, 0.3) is 0 Å². The van der Waals surface area contributed by atoms with Crippen molar-refractivity contribution in [3.8, 4) is 0 Å². The lowest BCUT2D eigenvalue weighted by Gasteiger charge is -2.29. The number of hydrogen-bond donors (Lipinski definition) is 4. The summed E-state index contributed by atoms with van der Waals surface area (Å²) < 4.78 is 10.7. The molecule has 52 heavy (non-hydrogen) atoms. The van der Waals surface area contributed by atoms with Crippen molar-refractivity contribution >= 4 is 35.5 Å². The predicted molar refractivity (Wildman–Crippen MR) is 196 cm³/mol. The third kappa shape index (κ3) is 14.2. The summed E-state index contributed by atoms with van der Waals surface area (Å²) in [5, 5.41) is 11.2. The average Bonchev–Trinajstić information content (AvgIpc) is 3.85. The molecule has 290 valence electrons. The van der Waals surface area contributed by atoms with Crippen molar-refractivity contribution in [1.82, 2.24) is 31.1 Å². The number of Topliss-reactive ketones (excluding diaryl/α,β-unsaturated/α-hetero) is 1. The number of benzene rings is 1. The summed E-state index contributed by atoms with van der Waals surface area (Å²) in [4.78, 5) is 83.6. The van der Waals surface area contributed by atoms with Crippen molar-refractivity contribution < 1.29 is 38.2 Å². The summed E-state index contributed by atoms with van der Waals surface area (Å²) >= 11 is 0. The van der Waals surface area contributed by atoms with Crippen LogP contribution in [0.2, 0.25) is 0 Å². The minimum atomic E-state index is -1.38. The first-order chi connectivity index (χ1) is 24.6. The van der Waals surface area contributed by atoms with Gasteiger partial charge >= 0.3 is 6.09 Å². The van der Waals surface area contributed by atoms with E-state index in [9.17, 15) is 28.8 Å². The Morgan fingerprint density at radius 1 is 0.788 bits per heavy atom. The molecule has 5 unspecified atom stereocenters. The van der Waals surface area contributed by atoms with E-state index in [1.165, 1.54) is 19.0 Å². The van der Waals surface area contributed by atoms with Crippen LogP contribution in [-0.2, 0) is 39.9 Å². The van der Waals surface area contributed by atoms with Crippen molar-refractivity contribution in [2.45, 2.75) is 109 Å². The van der Waals surface area contributed by atoms with E-state index in [4.69, 9.17) is 9.47 Å².